The van der Waals surface area contributed by atoms with Crippen LogP contribution in [0.15, 0.2) is 34.9 Å². The summed E-state index contributed by atoms with van der Waals surface area (Å²) in [4.78, 5) is 0. The van der Waals surface area contributed by atoms with Crippen LogP contribution < -0.4 is 5.73 Å². The van der Waals surface area contributed by atoms with Crippen LogP contribution in [0.1, 0.15) is 30.6 Å². The third-order valence-electron chi connectivity index (χ3n) is 2.77. The van der Waals surface area contributed by atoms with Crippen LogP contribution in [0.2, 0.25) is 5.02 Å². The van der Waals surface area contributed by atoms with Gasteiger partial charge in [0.2, 0.25) is 0 Å². The first-order valence-corrected chi connectivity index (χ1v) is 7.02. The van der Waals surface area contributed by atoms with Crippen LogP contribution in [-0.4, -0.2) is 9.78 Å². The molecule has 0 aliphatic rings. The topological polar surface area (TPSA) is 43.8 Å². The van der Waals surface area contributed by atoms with E-state index in [1.54, 1.807) is 6.20 Å². The Bertz CT molecular complexity index is 539. The van der Waals surface area contributed by atoms with Gasteiger partial charge in [0.25, 0.3) is 0 Å². The van der Waals surface area contributed by atoms with Crippen LogP contribution in [0.5, 0.6) is 0 Å². The highest BCUT2D eigenvalue weighted by Crippen LogP contribution is 2.27. The minimum Gasteiger partial charge on any atom is -0.319 e. The summed E-state index contributed by atoms with van der Waals surface area (Å²) in [6, 6.07) is 7.68. The summed E-state index contributed by atoms with van der Waals surface area (Å²) in [5, 5.41) is 4.89. The molecule has 5 heteroatoms. The lowest BCUT2D eigenvalue weighted by atomic mass is 10.0. The smallest absolute Gasteiger partial charge is 0.0837 e. The molecule has 2 N–H and O–H groups in total. The second kappa shape index (κ2) is 5.87. The lowest BCUT2D eigenvalue weighted by molar-refractivity contribution is 0.560. The van der Waals surface area contributed by atoms with E-state index in [1.807, 2.05) is 28.9 Å². The summed E-state index contributed by atoms with van der Waals surface area (Å²) in [6.45, 7) is 2.92. The van der Waals surface area contributed by atoms with Gasteiger partial charge in [0.15, 0.2) is 0 Å². The highest BCUT2D eigenvalue weighted by atomic mass is 79.9. The molecule has 18 heavy (non-hydrogen) atoms. The molecule has 1 unspecified atom stereocenters. The second-order valence-corrected chi connectivity index (χ2v) is 5.46. The van der Waals surface area contributed by atoms with Crippen molar-refractivity contribution >= 4 is 27.5 Å². The Kier molecular flexibility index (Phi) is 4.43. The van der Waals surface area contributed by atoms with Crippen molar-refractivity contribution in [2.75, 3.05) is 0 Å². The number of nitrogens with zero attached hydrogens (tertiary/aromatic N) is 2. The molecule has 0 amide bonds. The molecule has 0 spiro atoms. The lowest BCUT2D eigenvalue weighted by Crippen LogP contribution is -2.18. The Morgan fingerprint density at radius 1 is 1.50 bits per heavy atom. The fourth-order valence-electron chi connectivity index (χ4n) is 1.93. The van der Waals surface area contributed by atoms with Gasteiger partial charge in [0, 0.05) is 11.0 Å². The Morgan fingerprint density at radius 2 is 2.28 bits per heavy atom. The van der Waals surface area contributed by atoms with Crippen molar-refractivity contribution in [3.05, 3.63) is 51.2 Å². The van der Waals surface area contributed by atoms with E-state index in [0.29, 0.717) is 5.02 Å². The summed E-state index contributed by atoms with van der Waals surface area (Å²) in [5.41, 5.74) is 8.19. The molecule has 1 heterocycles. The van der Waals surface area contributed by atoms with Crippen LogP contribution >= 0.6 is 27.5 Å². The van der Waals surface area contributed by atoms with Crippen molar-refractivity contribution in [3.63, 3.8) is 0 Å². The van der Waals surface area contributed by atoms with Crippen LogP contribution in [0.25, 0.3) is 0 Å². The van der Waals surface area contributed by atoms with Crippen LogP contribution in [0, 0.1) is 0 Å². The van der Waals surface area contributed by atoms with Gasteiger partial charge in [-0.2, -0.15) is 5.10 Å². The molecular formula is C13H15BrClN3. The Labute approximate surface area is 120 Å². The molecule has 1 atom stereocenters. The van der Waals surface area contributed by atoms with E-state index in [4.69, 9.17) is 17.3 Å². The SMILES string of the molecule is CCCn1ncc(Cl)c1C(N)c1cccc(Br)c1. The molecule has 0 fully saturated rings. The molecule has 2 aromatic rings. The van der Waals surface area contributed by atoms with Gasteiger partial charge in [0.05, 0.1) is 23.0 Å². The highest BCUT2D eigenvalue weighted by Gasteiger charge is 2.18. The quantitative estimate of drug-likeness (QED) is 0.928. The molecule has 1 aromatic carbocycles. The molecule has 1 aromatic heterocycles. The predicted molar refractivity (Wildman–Crippen MR) is 77.7 cm³/mol. The third kappa shape index (κ3) is 2.76. The molecule has 0 bridgehead atoms. The van der Waals surface area contributed by atoms with Crippen molar-refractivity contribution in [1.29, 1.82) is 0 Å². The Morgan fingerprint density at radius 3 is 2.94 bits per heavy atom. The van der Waals surface area contributed by atoms with Crippen molar-refractivity contribution in [1.82, 2.24) is 9.78 Å². The van der Waals surface area contributed by atoms with Crippen molar-refractivity contribution in [3.8, 4) is 0 Å². The van der Waals surface area contributed by atoms with Crippen LogP contribution in [0.3, 0.4) is 0 Å². The van der Waals surface area contributed by atoms with Gasteiger partial charge < -0.3 is 5.73 Å². The summed E-state index contributed by atoms with van der Waals surface area (Å²) in [7, 11) is 0. The summed E-state index contributed by atoms with van der Waals surface area (Å²) in [6.07, 6.45) is 2.65. The van der Waals surface area contributed by atoms with Gasteiger partial charge in [-0.3, -0.25) is 4.68 Å². The van der Waals surface area contributed by atoms with Crippen molar-refractivity contribution < 1.29 is 0 Å². The van der Waals surface area contributed by atoms with Gasteiger partial charge >= 0.3 is 0 Å². The number of hydrogen-bond acceptors (Lipinski definition) is 2. The van der Waals surface area contributed by atoms with Crippen LogP contribution in [-0.2, 0) is 6.54 Å². The average Bonchev–Trinajstić information content (AvgIpc) is 2.70. The molecular weight excluding hydrogens is 314 g/mol. The fraction of sp³-hybridized carbons (Fsp3) is 0.308. The minimum absolute atomic E-state index is 0.260. The molecule has 0 aliphatic carbocycles. The zero-order chi connectivity index (χ0) is 13.1. The second-order valence-electron chi connectivity index (χ2n) is 4.13. The molecule has 2 rings (SSSR count). The van der Waals surface area contributed by atoms with Gasteiger partial charge in [-0.15, -0.1) is 0 Å². The van der Waals surface area contributed by atoms with Gasteiger partial charge in [-0.25, -0.2) is 0 Å². The first-order chi connectivity index (χ1) is 8.63. The number of benzene rings is 1. The van der Waals surface area contributed by atoms with E-state index in [9.17, 15) is 0 Å². The standard InChI is InChI=1S/C13H15BrClN3/c1-2-6-18-13(11(15)8-17-18)12(16)9-4-3-5-10(14)7-9/h3-5,7-8,12H,2,6,16H2,1H3. The van der Waals surface area contributed by atoms with Crippen molar-refractivity contribution in [2.45, 2.75) is 25.9 Å². The zero-order valence-corrected chi connectivity index (χ0v) is 12.4. The van der Waals surface area contributed by atoms with E-state index >= 15 is 0 Å². The van der Waals surface area contributed by atoms with E-state index < -0.39 is 0 Å². The molecule has 0 saturated heterocycles. The van der Waals surface area contributed by atoms with E-state index in [-0.39, 0.29) is 6.04 Å². The van der Waals surface area contributed by atoms with E-state index in [2.05, 4.69) is 28.0 Å². The Balaban J connectivity index is 2.39. The van der Waals surface area contributed by atoms with Crippen LogP contribution in [0.4, 0.5) is 0 Å². The Hall–Kier alpha value is -0.840. The number of aryl methyl sites for hydroxylation is 1. The number of hydrogen-bond donors (Lipinski definition) is 1. The maximum Gasteiger partial charge on any atom is 0.0837 e. The van der Waals surface area contributed by atoms with E-state index in [0.717, 1.165) is 28.7 Å². The number of nitrogens with two attached hydrogens (primary N) is 1. The number of aromatic nitrogens is 2. The fourth-order valence-corrected chi connectivity index (χ4v) is 2.60. The molecule has 96 valence electrons. The summed E-state index contributed by atoms with van der Waals surface area (Å²) in [5.74, 6) is 0. The zero-order valence-electron chi connectivity index (χ0n) is 10.1. The number of halogens is 2. The lowest BCUT2D eigenvalue weighted by Gasteiger charge is -2.15. The third-order valence-corrected chi connectivity index (χ3v) is 3.56. The van der Waals surface area contributed by atoms with Crippen molar-refractivity contribution in [2.24, 2.45) is 5.73 Å². The normalized spacial score (nSPS) is 12.7. The average molecular weight is 329 g/mol. The first kappa shape index (κ1) is 13.6. The number of rotatable bonds is 4. The predicted octanol–water partition coefficient (Wildman–Crippen LogP) is 3.76. The highest BCUT2D eigenvalue weighted by molar-refractivity contribution is 9.10. The maximum absolute atomic E-state index is 6.30. The minimum atomic E-state index is -0.260. The monoisotopic (exact) mass is 327 g/mol. The molecule has 0 aliphatic heterocycles. The molecule has 0 radical (unpaired) electrons. The molecule has 0 saturated carbocycles. The largest absolute Gasteiger partial charge is 0.319 e. The summed E-state index contributed by atoms with van der Waals surface area (Å²) >= 11 is 9.64. The first-order valence-electron chi connectivity index (χ1n) is 5.85. The van der Waals surface area contributed by atoms with Gasteiger partial charge in [-0.1, -0.05) is 46.6 Å². The van der Waals surface area contributed by atoms with E-state index in [1.165, 1.54) is 0 Å². The van der Waals surface area contributed by atoms with Gasteiger partial charge in [-0.05, 0) is 24.1 Å². The maximum atomic E-state index is 6.30. The molecule has 3 nitrogen and oxygen atoms in total. The summed E-state index contributed by atoms with van der Waals surface area (Å²) < 4.78 is 2.89. The van der Waals surface area contributed by atoms with Gasteiger partial charge in [0.1, 0.15) is 0 Å².